The number of furan rings is 1. The number of ether oxygens (including phenoxy) is 1. The van der Waals surface area contributed by atoms with Gasteiger partial charge in [0.05, 0.1) is 18.9 Å². The Morgan fingerprint density at radius 1 is 1.32 bits per heavy atom. The lowest BCUT2D eigenvalue weighted by molar-refractivity contribution is 0.0952. The summed E-state index contributed by atoms with van der Waals surface area (Å²) < 4.78 is 10.6. The molecule has 0 radical (unpaired) electrons. The molecule has 2 rings (SSSR count). The molecule has 1 aromatic heterocycles. The highest BCUT2D eigenvalue weighted by Gasteiger charge is 2.11. The Morgan fingerprint density at radius 2 is 2.05 bits per heavy atom. The first-order chi connectivity index (χ1) is 9.20. The third-order valence-electron chi connectivity index (χ3n) is 2.72. The summed E-state index contributed by atoms with van der Waals surface area (Å²) in [5, 5.41) is 2.84. The fourth-order valence-electron chi connectivity index (χ4n) is 1.66. The molecule has 1 aromatic carbocycles. The number of carbonyl (C=O) groups excluding carboxylic acids is 1. The van der Waals surface area contributed by atoms with E-state index in [2.05, 4.69) is 21.2 Å². The number of halogens is 1. The molecule has 0 aliphatic rings. The Bertz CT molecular complexity index is 548. The summed E-state index contributed by atoms with van der Waals surface area (Å²) in [6.07, 6.45) is 2.24. The molecule has 100 valence electrons. The molecule has 1 N–H and O–H groups in total. The number of benzene rings is 1. The highest BCUT2D eigenvalue weighted by molar-refractivity contribution is 9.10. The largest absolute Gasteiger partial charge is 0.497 e. The zero-order valence-corrected chi connectivity index (χ0v) is 12.1. The molecule has 0 unspecified atom stereocenters. The van der Waals surface area contributed by atoms with Crippen LogP contribution in [0.15, 0.2) is 45.7 Å². The maximum Gasteiger partial charge on any atom is 0.255 e. The SMILES string of the molecule is COc1ccc(CCNC(=O)c2ccoc2Br)cc1. The minimum Gasteiger partial charge on any atom is -0.497 e. The molecule has 1 heterocycles. The predicted octanol–water partition coefficient (Wildman–Crippen LogP) is 3.02. The van der Waals surface area contributed by atoms with Gasteiger partial charge in [0.2, 0.25) is 0 Å². The van der Waals surface area contributed by atoms with Crippen molar-refractivity contribution in [2.45, 2.75) is 6.42 Å². The normalized spacial score (nSPS) is 10.2. The second-order valence-corrected chi connectivity index (χ2v) is 4.68. The van der Waals surface area contributed by atoms with E-state index in [1.807, 2.05) is 24.3 Å². The van der Waals surface area contributed by atoms with Gasteiger partial charge >= 0.3 is 0 Å². The van der Waals surface area contributed by atoms with E-state index in [1.165, 1.54) is 6.26 Å². The number of hydrogen-bond acceptors (Lipinski definition) is 3. The van der Waals surface area contributed by atoms with Crippen LogP contribution in [-0.2, 0) is 6.42 Å². The number of nitrogens with one attached hydrogen (secondary N) is 1. The van der Waals surface area contributed by atoms with E-state index in [1.54, 1.807) is 13.2 Å². The molecule has 2 aromatic rings. The topological polar surface area (TPSA) is 51.5 Å². The minimum absolute atomic E-state index is 0.144. The summed E-state index contributed by atoms with van der Waals surface area (Å²) in [4.78, 5) is 11.8. The number of methoxy groups -OCH3 is 1. The van der Waals surface area contributed by atoms with E-state index < -0.39 is 0 Å². The van der Waals surface area contributed by atoms with Crippen molar-refractivity contribution in [2.24, 2.45) is 0 Å². The maximum absolute atomic E-state index is 11.8. The van der Waals surface area contributed by atoms with Crippen LogP contribution in [0.4, 0.5) is 0 Å². The summed E-state index contributed by atoms with van der Waals surface area (Å²) in [6, 6.07) is 9.41. The average molecular weight is 324 g/mol. The first kappa shape index (κ1) is 13.7. The third-order valence-corrected chi connectivity index (χ3v) is 3.33. The number of carbonyl (C=O) groups is 1. The quantitative estimate of drug-likeness (QED) is 0.920. The maximum atomic E-state index is 11.8. The number of rotatable bonds is 5. The highest BCUT2D eigenvalue weighted by atomic mass is 79.9. The van der Waals surface area contributed by atoms with Gasteiger partial charge < -0.3 is 14.5 Å². The second kappa shape index (κ2) is 6.43. The predicted molar refractivity (Wildman–Crippen MR) is 75.4 cm³/mol. The molecule has 1 amide bonds. The Morgan fingerprint density at radius 3 is 2.63 bits per heavy atom. The smallest absolute Gasteiger partial charge is 0.255 e. The van der Waals surface area contributed by atoms with Gasteiger partial charge in [-0.05, 0) is 46.1 Å². The Balaban J connectivity index is 1.83. The van der Waals surface area contributed by atoms with Crippen LogP contribution in [0.5, 0.6) is 5.75 Å². The van der Waals surface area contributed by atoms with E-state index in [0.717, 1.165) is 17.7 Å². The summed E-state index contributed by atoms with van der Waals surface area (Å²) >= 11 is 3.18. The molecule has 19 heavy (non-hydrogen) atoms. The van der Waals surface area contributed by atoms with Crippen molar-refractivity contribution in [3.63, 3.8) is 0 Å². The van der Waals surface area contributed by atoms with Crippen LogP contribution in [0.1, 0.15) is 15.9 Å². The first-order valence-corrected chi connectivity index (χ1v) is 6.64. The van der Waals surface area contributed by atoms with Crippen LogP contribution < -0.4 is 10.1 Å². The first-order valence-electron chi connectivity index (χ1n) is 5.85. The van der Waals surface area contributed by atoms with Gasteiger partial charge in [0.1, 0.15) is 5.75 Å². The van der Waals surface area contributed by atoms with Gasteiger partial charge in [-0.2, -0.15) is 0 Å². The van der Waals surface area contributed by atoms with Crippen LogP contribution in [0.25, 0.3) is 0 Å². The summed E-state index contributed by atoms with van der Waals surface area (Å²) in [5.74, 6) is 0.684. The zero-order valence-electron chi connectivity index (χ0n) is 10.5. The molecule has 0 aliphatic heterocycles. The molecular weight excluding hydrogens is 310 g/mol. The van der Waals surface area contributed by atoms with Crippen molar-refractivity contribution >= 4 is 21.8 Å². The van der Waals surface area contributed by atoms with Crippen molar-refractivity contribution in [3.05, 3.63) is 52.4 Å². The lowest BCUT2D eigenvalue weighted by Gasteiger charge is -2.05. The zero-order chi connectivity index (χ0) is 13.7. The molecule has 0 saturated carbocycles. The molecule has 0 atom stereocenters. The molecule has 4 nitrogen and oxygen atoms in total. The summed E-state index contributed by atoms with van der Waals surface area (Å²) in [5.41, 5.74) is 1.65. The van der Waals surface area contributed by atoms with Crippen LogP contribution in [0.3, 0.4) is 0 Å². The molecular formula is C14H14BrNO3. The lowest BCUT2D eigenvalue weighted by atomic mass is 10.1. The summed E-state index contributed by atoms with van der Waals surface area (Å²) in [6.45, 7) is 0.572. The van der Waals surface area contributed by atoms with Gasteiger partial charge in [0.25, 0.3) is 5.91 Å². The standard InChI is InChI=1S/C14H14BrNO3/c1-18-11-4-2-10(3-5-11)6-8-16-14(17)12-7-9-19-13(12)15/h2-5,7,9H,6,8H2,1H3,(H,16,17). The summed E-state index contributed by atoms with van der Waals surface area (Å²) in [7, 11) is 1.64. The van der Waals surface area contributed by atoms with E-state index in [9.17, 15) is 4.79 Å². The molecule has 0 spiro atoms. The average Bonchev–Trinajstić information content (AvgIpc) is 2.86. The molecule has 0 saturated heterocycles. The highest BCUT2D eigenvalue weighted by Crippen LogP contribution is 2.17. The van der Waals surface area contributed by atoms with Crippen LogP contribution in [-0.4, -0.2) is 19.6 Å². The van der Waals surface area contributed by atoms with Gasteiger partial charge in [-0.25, -0.2) is 0 Å². The number of hydrogen-bond donors (Lipinski definition) is 1. The third kappa shape index (κ3) is 3.61. The van der Waals surface area contributed by atoms with Crippen molar-refractivity contribution in [2.75, 3.05) is 13.7 Å². The molecule has 0 aliphatic carbocycles. The van der Waals surface area contributed by atoms with E-state index in [-0.39, 0.29) is 5.91 Å². The lowest BCUT2D eigenvalue weighted by Crippen LogP contribution is -2.25. The fourth-order valence-corrected chi connectivity index (χ4v) is 2.08. The van der Waals surface area contributed by atoms with Crippen molar-refractivity contribution in [1.29, 1.82) is 0 Å². The van der Waals surface area contributed by atoms with E-state index >= 15 is 0 Å². The minimum atomic E-state index is -0.144. The van der Waals surface area contributed by atoms with Gasteiger partial charge in [0, 0.05) is 6.54 Å². The van der Waals surface area contributed by atoms with Crippen molar-refractivity contribution in [1.82, 2.24) is 5.32 Å². The Labute approximate surface area is 119 Å². The van der Waals surface area contributed by atoms with Gasteiger partial charge in [-0.1, -0.05) is 12.1 Å². The molecule has 0 fully saturated rings. The van der Waals surface area contributed by atoms with E-state index in [4.69, 9.17) is 9.15 Å². The molecule has 5 heteroatoms. The number of amides is 1. The van der Waals surface area contributed by atoms with Crippen LogP contribution in [0.2, 0.25) is 0 Å². The van der Waals surface area contributed by atoms with E-state index in [0.29, 0.717) is 16.8 Å². The van der Waals surface area contributed by atoms with Crippen molar-refractivity contribution < 1.29 is 13.9 Å². The van der Waals surface area contributed by atoms with Gasteiger partial charge in [0.15, 0.2) is 4.67 Å². The monoisotopic (exact) mass is 323 g/mol. The Kier molecular flexibility index (Phi) is 4.63. The fraction of sp³-hybridized carbons (Fsp3) is 0.214. The van der Waals surface area contributed by atoms with Crippen LogP contribution in [0, 0.1) is 0 Å². The van der Waals surface area contributed by atoms with Crippen molar-refractivity contribution in [3.8, 4) is 5.75 Å². The van der Waals surface area contributed by atoms with Gasteiger partial charge in [-0.15, -0.1) is 0 Å². The van der Waals surface area contributed by atoms with Crippen LogP contribution >= 0.6 is 15.9 Å². The molecule has 0 bridgehead atoms. The van der Waals surface area contributed by atoms with Gasteiger partial charge in [-0.3, -0.25) is 4.79 Å². The second-order valence-electron chi connectivity index (χ2n) is 3.96. The Hall–Kier alpha value is -1.75.